The van der Waals surface area contributed by atoms with Crippen LogP contribution in [0.4, 0.5) is 0 Å². The summed E-state index contributed by atoms with van der Waals surface area (Å²) in [7, 11) is 1.45. The van der Waals surface area contributed by atoms with E-state index >= 15 is 0 Å². The van der Waals surface area contributed by atoms with Gasteiger partial charge in [0.2, 0.25) is 0 Å². The van der Waals surface area contributed by atoms with Crippen LogP contribution >= 0.6 is 0 Å². The third-order valence-electron chi connectivity index (χ3n) is 6.58. The van der Waals surface area contributed by atoms with E-state index in [9.17, 15) is 9.59 Å². The average Bonchev–Trinajstić information content (AvgIpc) is 2.89. The lowest BCUT2D eigenvalue weighted by molar-refractivity contribution is -0.0129. The molecule has 6 nitrogen and oxygen atoms in total. The molecule has 0 N–H and O–H groups in total. The predicted molar refractivity (Wildman–Crippen MR) is 144 cm³/mol. The number of methoxy groups -OCH3 is 1. The van der Waals surface area contributed by atoms with E-state index in [4.69, 9.17) is 18.9 Å². The summed E-state index contributed by atoms with van der Waals surface area (Å²) in [6, 6.07) is 13.7. The van der Waals surface area contributed by atoms with Crippen molar-refractivity contribution in [3.8, 4) is 5.75 Å². The van der Waals surface area contributed by atoms with Crippen LogP contribution in [0.3, 0.4) is 0 Å². The first-order valence-corrected chi connectivity index (χ1v) is 12.1. The van der Waals surface area contributed by atoms with Crippen LogP contribution in [0, 0.1) is 34.6 Å². The third-order valence-corrected chi connectivity index (χ3v) is 6.58. The van der Waals surface area contributed by atoms with Crippen LogP contribution < -0.4 is 4.74 Å². The molecule has 0 aliphatic heterocycles. The molecule has 0 fully saturated rings. The summed E-state index contributed by atoms with van der Waals surface area (Å²) >= 11 is 0. The topological polar surface area (TPSA) is 71.1 Å². The molecular formula is C31H34O6. The number of esters is 2. The minimum Gasteiger partial charge on any atom is -0.489 e. The molecule has 6 heteroatoms. The molecule has 0 aliphatic rings. The molecule has 194 valence electrons. The first-order chi connectivity index (χ1) is 17.7. The highest BCUT2D eigenvalue weighted by Crippen LogP contribution is 2.31. The molecule has 0 saturated carbocycles. The zero-order chi connectivity index (χ0) is 27.1. The van der Waals surface area contributed by atoms with Crippen LogP contribution in [0.5, 0.6) is 5.75 Å². The van der Waals surface area contributed by atoms with Crippen molar-refractivity contribution in [2.24, 2.45) is 0 Å². The summed E-state index contributed by atoms with van der Waals surface area (Å²) in [4.78, 5) is 26.1. The van der Waals surface area contributed by atoms with Gasteiger partial charge in [-0.15, -0.1) is 0 Å². The molecule has 0 heterocycles. The maximum Gasteiger partial charge on any atom is 0.340 e. The van der Waals surface area contributed by atoms with Gasteiger partial charge in [0.15, 0.2) is 6.79 Å². The zero-order valence-electron chi connectivity index (χ0n) is 22.4. The van der Waals surface area contributed by atoms with Crippen molar-refractivity contribution < 1.29 is 28.5 Å². The lowest BCUT2D eigenvalue weighted by Crippen LogP contribution is -2.17. The van der Waals surface area contributed by atoms with E-state index in [2.05, 4.69) is 6.58 Å². The molecule has 0 unspecified atom stereocenters. The SMILES string of the molecule is C=Cc1cc(OCc2ccccc2)c(C)c(C)c1C(=O)OCc1c(C)cc(C)c(C)c1C(=O)OCOC. The zero-order valence-corrected chi connectivity index (χ0v) is 22.4. The fourth-order valence-corrected chi connectivity index (χ4v) is 4.23. The van der Waals surface area contributed by atoms with Gasteiger partial charge >= 0.3 is 11.9 Å². The van der Waals surface area contributed by atoms with Crippen LogP contribution in [0.1, 0.15) is 65.2 Å². The molecule has 0 radical (unpaired) electrons. The number of hydrogen-bond acceptors (Lipinski definition) is 6. The molecule has 3 aromatic carbocycles. The Morgan fingerprint density at radius 2 is 1.49 bits per heavy atom. The highest BCUT2D eigenvalue weighted by atomic mass is 16.7. The molecule has 0 aliphatic carbocycles. The lowest BCUT2D eigenvalue weighted by Gasteiger charge is -2.19. The van der Waals surface area contributed by atoms with Crippen molar-refractivity contribution in [3.05, 3.63) is 105 Å². The normalized spacial score (nSPS) is 10.6. The Morgan fingerprint density at radius 1 is 0.811 bits per heavy atom. The number of rotatable bonds is 10. The Kier molecular flexibility index (Phi) is 9.25. The quantitative estimate of drug-likeness (QED) is 0.231. The summed E-state index contributed by atoms with van der Waals surface area (Å²) in [5, 5.41) is 0. The highest BCUT2D eigenvalue weighted by molar-refractivity contribution is 5.97. The predicted octanol–water partition coefficient (Wildman–Crippen LogP) is 6.57. The molecule has 0 spiro atoms. The molecular weight excluding hydrogens is 468 g/mol. The second kappa shape index (κ2) is 12.4. The number of hydrogen-bond donors (Lipinski definition) is 0. The maximum absolute atomic E-state index is 13.3. The second-order valence-corrected chi connectivity index (χ2v) is 8.97. The summed E-state index contributed by atoms with van der Waals surface area (Å²) < 4.78 is 21.9. The Labute approximate surface area is 218 Å². The fraction of sp³-hybridized carbons (Fsp3) is 0.290. The first kappa shape index (κ1) is 27.7. The minimum absolute atomic E-state index is 0.0788. The highest BCUT2D eigenvalue weighted by Gasteiger charge is 2.23. The summed E-state index contributed by atoms with van der Waals surface area (Å²) in [5.41, 5.74) is 7.24. The van der Waals surface area contributed by atoms with E-state index in [-0.39, 0.29) is 13.4 Å². The minimum atomic E-state index is -0.518. The number of aryl methyl sites for hydroxylation is 2. The number of benzene rings is 3. The van der Waals surface area contributed by atoms with Gasteiger partial charge in [0.25, 0.3) is 0 Å². The Morgan fingerprint density at radius 3 is 2.14 bits per heavy atom. The Hall–Kier alpha value is -3.90. The second-order valence-electron chi connectivity index (χ2n) is 8.97. The van der Waals surface area contributed by atoms with Crippen molar-refractivity contribution in [2.45, 2.75) is 47.8 Å². The van der Waals surface area contributed by atoms with Gasteiger partial charge in [-0.05, 0) is 79.6 Å². The molecule has 0 saturated heterocycles. The first-order valence-electron chi connectivity index (χ1n) is 12.1. The van der Waals surface area contributed by atoms with Crippen molar-refractivity contribution in [2.75, 3.05) is 13.9 Å². The van der Waals surface area contributed by atoms with Crippen LogP contribution in [-0.4, -0.2) is 25.8 Å². The molecule has 0 atom stereocenters. The number of carbonyl (C=O) groups excluding carboxylic acids is 2. The summed E-state index contributed by atoms with van der Waals surface area (Å²) in [6.07, 6.45) is 1.62. The molecule has 0 amide bonds. The lowest BCUT2D eigenvalue weighted by atomic mass is 9.93. The largest absolute Gasteiger partial charge is 0.489 e. The molecule has 0 aromatic heterocycles. The van der Waals surface area contributed by atoms with Crippen molar-refractivity contribution in [1.82, 2.24) is 0 Å². The van der Waals surface area contributed by atoms with Gasteiger partial charge < -0.3 is 18.9 Å². The van der Waals surface area contributed by atoms with E-state index in [0.717, 1.165) is 33.4 Å². The van der Waals surface area contributed by atoms with Gasteiger partial charge in [-0.1, -0.05) is 49.1 Å². The van der Waals surface area contributed by atoms with Crippen LogP contribution in [0.2, 0.25) is 0 Å². The van der Waals surface area contributed by atoms with Crippen LogP contribution in [-0.2, 0) is 27.4 Å². The Balaban J connectivity index is 1.88. The van der Waals surface area contributed by atoms with E-state index < -0.39 is 11.9 Å². The molecule has 0 bridgehead atoms. The van der Waals surface area contributed by atoms with Crippen LogP contribution in [0.25, 0.3) is 6.08 Å². The average molecular weight is 503 g/mol. The fourth-order valence-electron chi connectivity index (χ4n) is 4.23. The van der Waals surface area contributed by atoms with Gasteiger partial charge in [0, 0.05) is 12.7 Å². The maximum atomic E-state index is 13.3. The van der Waals surface area contributed by atoms with Gasteiger partial charge in [-0.2, -0.15) is 0 Å². The van der Waals surface area contributed by atoms with Crippen molar-refractivity contribution >= 4 is 18.0 Å². The van der Waals surface area contributed by atoms with Crippen molar-refractivity contribution in [1.29, 1.82) is 0 Å². The number of ether oxygens (including phenoxy) is 4. The van der Waals surface area contributed by atoms with Gasteiger partial charge in [0.1, 0.15) is 19.0 Å². The third kappa shape index (κ3) is 6.27. The summed E-state index contributed by atoms with van der Waals surface area (Å²) in [6.45, 7) is 13.5. The Bertz CT molecular complexity index is 1310. The summed E-state index contributed by atoms with van der Waals surface area (Å²) in [5.74, 6) is -0.337. The number of carbonyl (C=O) groups is 2. The van der Waals surface area contributed by atoms with E-state index in [1.807, 2.05) is 77.1 Å². The molecule has 3 rings (SSSR count). The molecule has 3 aromatic rings. The smallest absolute Gasteiger partial charge is 0.340 e. The van der Waals surface area contributed by atoms with E-state index in [1.54, 1.807) is 6.08 Å². The van der Waals surface area contributed by atoms with Gasteiger partial charge in [-0.3, -0.25) is 0 Å². The van der Waals surface area contributed by atoms with E-state index in [1.165, 1.54) is 7.11 Å². The van der Waals surface area contributed by atoms with E-state index in [0.29, 0.717) is 34.6 Å². The molecule has 37 heavy (non-hydrogen) atoms. The standard InChI is InChI=1S/C31H34O6/c1-8-25-15-27(35-16-24-12-10-9-11-13-24)22(5)23(6)28(25)30(32)36-17-26-20(3)14-19(2)21(4)29(26)31(33)37-18-34-7/h8-15H,1,16-18H2,2-7H3. The monoisotopic (exact) mass is 502 g/mol. The van der Waals surface area contributed by atoms with Crippen LogP contribution in [0.15, 0.2) is 49.0 Å². The van der Waals surface area contributed by atoms with Gasteiger partial charge in [-0.25, -0.2) is 9.59 Å². The van der Waals surface area contributed by atoms with Crippen molar-refractivity contribution in [3.63, 3.8) is 0 Å². The van der Waals surface area contributed by atoms with Gasteiger partial charge in [0.05, 0.1) is 11.1 Å².